The second-order valence-electron chi connectivity index (χ2n) is 4.08. The van der Waals surface area contributed by atoms with E-state index in [1.165, 1.54) is 10.8 Å². The Labute approximate surface area is 100 Å². The lowest BCUT2D eigenvalue weighted by atomic mass is 10.1. The number of rotatable bonds is 5. The number of hydrogen-bond acceptors (Lipinski definition) is 2. The lowest BCUT2D eigenvalue weighted by molar-refractivity contribution is -0.137. The summed E-state index contributed by atoms with van der Waals surface area (Å²) in [7, 11) is 0. The topological polar surface area (TPSA) is 50.2 Å². The van der Waals surface area contributed by atoms with Gasteiger partial charge >= 0.3 is 5.97 Å². The molecule has 0 saturated heterocycles. The summed E-state index contributed by atoms with van der Waals surface area (Å²) < 4.78 is 0. The average molecular weight is 229 g/mol. The fraction of sp³-hybridized carbons (Fsp3) is 0.286. The number of carbonyl (C=O) groups is 1. The third-order valence-electron chi connectivity index (χ3n) is 2.81. The molecular weight excluding hydrogens is 214 g/mol. The maximum atomic E-state index is 10.4. The molecule has 1 heterocycles. The van der Waals surface area contributed by atoms with E-state index in [0.717, 1.165) is 18.5 Å². The molecule has 0 saturated carbocycles. The van der Waals surface area contributed by atoms with E-state index in [2.05, 4.69) is 17.1 Å². The van der Waals surface area contributed by atoms with Crippen LogP contribution in [0.1, 0.15) is 25.0 Å². The van der Waals surface area contributed by atoms with E-state index < -0.39 is 5.97 Å². The Morgan fingerprint density at radius 3 is 2.82 bits per heavy atom. The SMILES string of the molecule is O=C(O)CCCCc1nccc2ccccc12. The highest BCUT2D eigenvalue weighted by Gasteiger charge is 2.02. The number of hydrogen-bond donors (Lipinski definition) is 1. The second kappa shape index (κ2) is 5.43. The van der Waals surface area contributed by atoms with Crippen molar-refractivity contribution in [2.45, 2.75) is 25.7 Å². The number of aliphatic carboxylic acids is 1. The van der Waals surface area contributed by atoms with Crippen LogP contribution in [0.2, 0.25) is 0 Å². The zero-order chi connectivity index (χ0) is 12.1. The molecule has 0 fully saturated rings. The molecule has 0 radical (unpaired) electrons. The smallest absolute Gasteiger partial charge is 0.303 e. The van der Waals surface area contributed by atoms with E-state index in [9.17, 15) is 4.79 Å². The Hall–Kier alpha value is -1.90. The van der Waals surface area contributed by atoms with Crippen LogP contribution in [0.15, 0.2) is 36.5 Å². The molecule has 0 aliphatic carbocycles. The lowest BCUT2D eigenvalue weighted by Crippen LogP contribution is -1.96. The van der Waals surface area contributed by atoms with Gasteiger partial charge in [-0.3, -0.25) is 9.78 Å². The Morgan fingerprint density at radius 2 is 2.00 bits per heavy atom. The van der Waals surface area contributed by atoms with E-state index in [1.807, 2.05) is 24.4 Å². The van der Waals surface area contributed by atoms with Gasteiger partial charge in [-0.15, -0.1) is 0 Å². The van der Waals surface area contributed by atoms with Crippen LogP contribution in [0.3, 0.4) is 0 Å². The molecule has 3 nitrogen and oxygen atoms in total. The molecule has 1 N–H and O–H groups in total. The minimum atomic E-state index is -0.726. The largest absolute Gasteiger partial charge is 0.481 e. The number of pyridine rings is 1. The first-order valence-electron chi connectivity index (χ1n) is 5.82. The highest BCUT2D eigenvalue weighted by molar-refractivity contribution is 5.84. The summed E-state index contributed by atoms with van der Waals surface area (Å²) in [6.07, 6.45) is 4.47. The molecule has 2 aromatic rings. The molecule has 0 aliphatic rings. The Kier molecular flexibility index (Phi) is 3.70. The standard InChI is InChI=1S/C14H15NO2/c16-14(17)8-4-3-7-13-12-6-2-1-5-11(12)9-10-15-13/h1-2,5-6,9-10H,3-4,7-8H2,(H,16,17). The van der Waals surface area contributed by atoms with Crippen molar-refractivity contribution in [3.8, 4) is 0 Å². The highest BCUT2D eigenvalue weighted by Crippen LogP contribution is 2.18. The predicted octanol–water partition coefficient (Wildman–Crippen LogP) is 3.03. The first-order chi connectivity index (χ1) is 8.27. The molecule has 0 bridgehead atoms. The van der Waals surface area contributed by atoms with E-state index in [-0.39, 0.29) is 6.42 Å². The monoisotopic (exact) mass is 229 g/mol. The van der Waals surface area contributed by atoms with Crippen molar-refractivity contribution in [2.75, 3.05) is 0 Å². The maximum absolute atomic E-state index is 10.4. The van der Waals surface area contributed by atoms with Gasteiger partial charge in [0.05, 0.1) is 0 Å². The van der Waals surface area contributed by atoms with Crippen LogP contribution < -0.4 is 0 Å². The lowest BCUT2D eigenvalue weighted by Gasteiger charge is -2.04. The van der Waals surface area contributed by atoms with Crippen molar-refractivity contribution in [3.05, 3.63) is 42.2 Å². The van der Waals surface area contributed by atoms with Crippen LogP contribution >= 0.6 is 0 Å². The molecule has 2 rings (SSSR count). The molecule has 3 heteroatoms. The van der Waals surface area contributed by atoms with Gasteiger partial charge in [0.25, 0.3) is 0 Å². The number of fused-ring (bicyclic) bond motifs is 1. The van der Waals surface area contributed by atoms with E-state index in [4.69, 9.17) is 5.11 Å². The summed E-state index contributed by atoms with van der Waals surface area (Å²) in [5, 5.41) is 10.9. The normalized spacial score (nSPS) is 10.6. The molecule has 0 aliphatic heterocycles. The summed E-state index contributed by atoms with van der Waals surface area (Å²) >= 11 is 0. The van der Waals surface area contributed by atoms with Gasteiger partial charge in [0.15, 0.2) is 0 Å². The van der Waals surface area contributed by atoms with Gasteiger partial charge in [-0.25, -0.2) is 0 Å². The minimum Gasteiger partial charge on any atom is -0.481 e. The fourth-order valence-corrected chi connectivity index (χ4v) is 1.95. The summed E-state index contributed by atoms with van der Waals surface area (Å²) in [6, 6.07) is 10.1. The molecular formula is C14H15NO2. The summed E-state index contributed by atoms with van der Waals surface area (Å²) in [4.78, 5) is 14.8. The van der Waals surface area contributed by atoms with E-state index in [1.54, 1.807) is 0 Å². The molecule has 0 spiro atoms. The zero-order valence-electron chi connectivity index (χ0n) is 9.60. The van der Waals surface area contributed by atoms with Crippen molar-refractivity contribution in [1.82, 2.24) is 4.98 Å². The molecule has 1 aromatic heterocycles. The summed E-state index contributed by atoms with van der Waals surface area (Å²) in [5.74, 6) is -0.726. The first-order valence-corrected chi connectivity index (χ1v) is 5.82. The van der Waals surface area contributed by atoms with Gasteiger partial charge in [-0.2, -0.15) is 0 Å². The van der Waals surface area contributed by atoms with Crippen molar-refractivity contribution in [3.63, 3.8) is 0 Å². The van der Waals surface area contributed by atoms with E-state index >= 15 is 0 Å². The Bertz CT molecular complexity index is 517. The van der Waals surface area contributed by atoms with Gasteiger partial charge in [0.1, 0.15) is 0 Å². The number of aromatic nitrogens is 1. The van der Waals surface area contributed by atoms with Crippen LogP contribution in [0.25, 0.3) is 10.8 Å². The van der Waals surface area contributed by atoms with E-state index in [0.29, 0.717) is 6.42 Å². The van der Waals surface area contributed by atoms with Crippen LogP contribution in [0, 0.1) is 0 Å². The Morgan fingerprint density at radius 1 is 1.18 bits per heavy atom. The van der Waals surface area contributed by atoms with Crippen molar-refractivity contribution in [2.24, 2.45) is 0 Å². The first kappa shape index (κ1) is 11.6. The quantitative estimate of drug-likeness (QED) is 0.802. The minimum absolute atomic E-state index is 0.241. The van der Waals surface area contributed by atoms with Gasteiger partial charge in [0, 0.05) is 23.7 Å². The molecule has 0 amide bonds. The fourth-order valence-electron chi connectivity index (χ4n) is 1.95. The number of benzene rings is 1. The predicted molar refractivity (Wildman–Crippen MR) is 66.9 cm³/mol. The van der Waals surface area contributed by atoms with Crippen molar-refractivity contribution in [1.29, 1.82) is 0 Å². The molecule has 17 heavy (non-hydrogen) atoms. The molecule has 0 atom stereocenters. The molecule has 1 aromatic carbocycles. The van der Waals surface area contributed by atoms with Gasteiger partial charge in [-0.05, 0) is 30.7 Å². The third kappa shape index (κ3) is 3.03. The van der Waals surface area contributed by atoms with Gasteiger partial charge in [0.2, 0.25) is 0 Å². The molecule has 88 valence electrons. The van der Waals surface area contributed by atoms with Gasteiger partial charge in [-0.1, -0.05) is 24.3 Å². The zero-order valence-corrected chi connectivity index (χ0v) is 9.60. The summed E-state index contributed by atoms with van der Waals surface area (Å²) in [6.45, 7) is 0. The number of aryl methyl sites for hydroxylation is 1. The third-order valence-corrected chi connectivity index (χ3v) is 2.81. The Balaban J connectivity index is 2.05. The van der Waals surface area contributed by atoms with Crippen molar-refractivity contribution >= 4 is 16.7 Å². The van der Waals surface area contributed by atoms with Crippen molar-refractivity contribution < 1.29 is 9.90 Å². The molecule has 0 unspecified atom stereocenters. The van der Waals surface area contributed by atoms with Crippen LogP contribution in [-0.2, 0) is 11.2 Å². The number of unbranched alkanes of at least 4 members (excludes halogenated alkanes) is 1. The highest BCUT2D eigenvalue weighted by atomic mass is 16.4. The van der Waals surface area contributed by atoms with Crippen LogP contribution in [0.4, 0.5) is 0 Å². The maximum Gasteiger partial charge on any atom is 0.303 e. The average Bonchev–Trinajstić information content (AvgIpc) is 2.34. The number of nitrogens with zero attached hydrogens (tertiary/aromatic N) is 1. The van der Waals surface area contributed by atoms with Crippen LogP contribution in [0.5, 0.6) is 0 Å². The van der Waals surface area contributed by atoms with Gasteiger partial charge < -0.3 is 5.11 Å². The second-order valence-corrected chi connectivity index (χ2v) is 4.08. The van der Waals surface area contributed by atoms with Crippen LogP contribution in [-0.4, -0.2) is 16.1 Å². The number of carboxylic acid groups (broad SMARTS) is 1. The number of carboxylic acids is 1. The summed E-state index contributed by atoms with van der Waals surface area (Å²) in [5.41, 5.74) is 1.06.